The molecule has 0 heterocycles. The van der Waals surface area contributed by atoms with Crippen molar-refractivity contribution in [1.82, 2.24) is 5.32 Å². The molecule has 0 aliphatic rings. The fourth-order valence-electron chi connectivity index (χ4n) is 2.33. The molecule has 0 aliphatic carbocycles. The van der Waals surface area contributed by atoms with Crippen molar-refractivity contribution in [2.24, 2.45) is 11.3 Å². The van der Waals surface area contributed by atoms with Crippen molar-refractivity contribution < 1.29 is 0 Å². The van der Waals surface area contributed by atoms with Crippen LogP contribution in [0.25, 0.3) is 0 Å². The zero-order valence-corrected chi connectivity index (χ0v) is 13.6. The summed E-state index contributed by atoms with van der Waals surface area (Å²) >= 11 is 0. The number of hydrogen-bond acceptors (Lipinski definition) is 1. The second-order valence-corrected chi connectivity index (χ2v) is 7.12. The van der Waals surface area contributed by atoms with E-state index in [1.165, 1.54) is 29.5 Å². The Labute approximate surface area is 119 Å². The maximum absolute atomic E-state index is 3.59. The Morgan fingerprint density at radius 1 is 1.16 bits per heavy atom. The highest BCUT2D eigenvalue weighted by Gasteiger charge is 2.17. The first-order valence-electron chi connectivity index (χ1n) is 7.57. The summed E-state index contributed by atoms with van der Waals surface area (Å²) in [6.07, 6.45) is 2.42. The van der Waals surface area contributed by atoms with Crippen molar-refractivity contribution in [2.75, 3.05) is 13.1 Å². The average Bonchev–Trinajstić information content (AvgIpc) is 2.30. The average molecular weight is 261 g/mol. The largest absolute Gasteiger partial charge is 0.316 e. The molecular weight excluding hydrogens is 230 g/mol. The maximum Gasteiger partial charge on any atom is 0.000274 e. The van der Waals surface area contributed by atoms with E-state index in [0.717, 1.165) is 19.0 Å². The van der Waals surface area contributed by atoms with Crippen LogP contribution >= 0.6 is 0 Å². The van der Waals surface area contributed by atoms with E-state index < -0.39 is 0 Å². The third-order valence-electron chi connectivity index (χ3n) is 3.73. The smallest absolute Gasteiger partial charge is 0.000274 e. The first kappa shape index (κ1) is 16.2. The van der Waals surface area contributed by atoms with Gasteiger partial charge in [0.05, 0.1) is 0 Å². The van der Waals surface area contributed by atoms with Crippen molar-refractivity contribution in [3.05, 3.63) is 34.9 Å². The molecule has 0 bridgehead atoms. The first-order chi connectivity index (χ1) is 8.80. The normalized spacial score (nSPS) is 12.2. The lowest BCUT2D eigenvalue weighted by Gasteiger charge is -2.26. The van der Waals surface area contributed by atoms with Crippen LogP contribution in [0.5, 0.6) is 0 Å². The summed E-state index contributed by atoms with van der Waals surface area (Å²) in [6.45, 7) is 15.9. The molecular formula is C18H31N. The number of benzene rings is 1. The third kappa shape index (κ3) is 6.24. The number of nitrogens with one attached hydrogen (secondary N) is 1. The van der Waals surface area contributed by atoms with Gasteiger partial charge in [-0.25, -0.2) is 0 Å². The molecule has 0 aliphatic heterocycles. The minimum atomic E-state index is 0.366. The van der Waals surface area contributed by atoms with Crippen LogP contribution < -0.4 is 5.32 Å². The van der Waals surface area contributed by atoms with Crippen molar-refractivity contribution in [2.45, 2.75) is 54.4 Å². The molecule has 19 heavy (non-hydrogen) atoms. The summed E-state index contributed by atoms with van der Waals surface area (Å²) in [5.74, 6) is 0.731. The summed E-state index contributed by atoms with van der Waals surface area (Å²) in [5, 5.41) is 3.59. The second-order valence-electron chi connectivity index (χ2n) is 7.12. The lowest BCUT2D eigenvalue weighted by molar-refractivity contribution is 0.308. The zero-order valence-electron chi connectivity index (χ0n) is 13.6. The zero-order chi connectivity index (χ0) is 14.5. The molecule has 0 amide bonds. The van der Waals surface area contributed by atoms with E-state index in [-0.39, 0.29) is 0 Å². The summed E-state index contributed by atoms with van der Waals surface area (Å²) in [6, 6.07) is 6.79. The van der Waals surface area contributed by atoms with Gasteiger partial charge in [0.2, 0.25) is 0 Å². The van der Waals surface area contributed by atoms with Crippen LogP contribution in [0.4, 0.5) is 0 Å². The summed E-state index contributed by atoms with van der Waals surface area (Å²) in [7, 11) is 0. The van der Waals surface area contributed by atoms with Crippen LogP contribution in [0.15, 0.2) is 18.2 Å². The summed E-state index contributed by atoms with van der Waals surface area (Å²) < 4.78 is 0. The second kappa shape index (κ2) is 7.09. The Balaban J connectivity index is 2.47. The van der Waals surface area contributed by atoms with E-state index in [1.54, 1.807) is 0 Å². The predicted octanol–water partition coefficient (Wildman–Crippen LogP) is 4.51. The highest BCUT2D eigenvalue weighted by molar-refractivity contribution is 5.30. The summed E-state index contributed by atoms with van der Waals surface area (Å²) in [4.78, 5) is 0. The summed E-state index contributed by atoms with van der Waals surface area (Å²) in [5.41, 5.74) is 4.68. The van der Waals surface area contributed by atoms with Crippen molar-refractivity contribution >= 4 is 0 Å². The Bertz CT molecular complexity index is 391. The van der Waals surface area contributed by atoms with Gasteiger partial charge in [-0.15, -0.1) is 0 Å². The molecule has 108 valence electrons. The van der Waals surface area contributed by atoms with E-state index in [2.05, 4.69) is 65.1 Å². The van der Waals surface area contributed by atoms with Gasteiger partial charge in [0.15, 0.2) is 0 Å². The topological polar surface area (TPSA) is 12.0 Å². The van der Waals surface area contributed by atoms with Crippen LogP contribution in [-0.4, -0.2) is 13.1 Å². The number of aryl methyl sites for hydroxylation is 3. The SMILES string of the molecule is Cc1ccc(C)c(CCC(C)(C)CNCC(C)C)c1. The van der Waals surface area contributed by atoms with E-state index >= 15 is 0 Å². The maximum atomic E-state index is 3.59. The molecule has 1 N–H and O–H groups in total. The van der Waals surface area contributed by atoms with Crippen LogP contribution in [0, 0.1) is 25.2 Å². The Kier molecular flexibility index (Phi) is 6.06. The van der Waals surface area contributed by atoms with Gasteiger partial charge in [-0.3, -0.25) is 0 Å². The molecule has 0 atom stereocenters. The molecule has 0 aromatic heterocycles. The van der Waals surface area contributed by atoms with Gasteiger partial charge in [-0.1, -0.05) is 51.5 Å². The van der Waals surface area contributed by atoms with E-state index in [9.17, 15) is 0 Å². The first-order valence-corrected chi connectivity index (χ1v) is 7.57. The third-order valence-corrected chi connectivity index (χ3v) is 3.73. The van der Waals surface area contributed by atoms with Gasteiger partial charge < -0.3 is 5.32 Å². The Hall–Kier alpha value is -0.820. The lowest BCUT2D eigenvalue weighted by Crippen LogP contribution is -2.32. The number of rotatable bonds is 7. The van der Waals surface area contributed by atoms with Crippen molar-refractivity contribution in [1.29, 1.82) is 0 Å². The minimum Gasteiger partial charge on any atom is -0.316 e. The Morgan fingerprint density at radius 3 is 2.47 bits per heavy atom. The van der Waals surface area contributed by atoms with E-state index in [1.807, 2.05) is 0 Å². The molecule has 0 saturated carbocycles. The van der Waals surface area contributed by atoms with Crippen molar-refractivity contribution in [3.8, 4) is 0 Å². The van der Waals surface area contributed by atoms with Gasteiger partial charge in [0, 0.05) is 6.54 Å². The fraction of sp³-hybridized carbons (Fsp3) is 0.667. The molecule has 0 radical (unpaired) electrons. The molecule has 0 saturated heterocycles. The molecule has 1 nitrogen and oxygen atoms in total. The molecule has 0 unspecified atom stereocenters. The monoisotopic (exact) mass is 261 g/mol. The number of hydrogen-bond donors (Lipinski definition) is 1. The van der Waals surface area contributed by atoms with Crippen LogP contribution in [-0.2, 0) is 6.42 Å². The molecule has 1 rings (SSSR count). The van der Waals surface area contributed by atoms with E-state index in [4.69, 9.17) is 0 Å². The van der Waals surface area contributed by atoms with Gasteiger partial charge >= 0.3 is 0 Å². The predicted molar refractivity (Wildman–Crippen MR) is 85.7 cm³/mol. The fourth-order valence-corrected chi connectivity index (χ4v) is 2.33. The minimum absolute atomic E-state index is 0.366. The van der Waals surface area contributed by atoms with Crippen LogP contribution in [0.3, 0.4) is 0 Å². The van der Waals surface area contributed by atoms with E-state index in [0.29, 0.717) is 5.41 Å². The molecule has 0 spiro atoms. The van der Waals surface area contributed by atoms with Crippen LogP contribution in [0.2, 0.25) is 0 Å². The molecule has 1 aromatic rings. The van der Waals surface area contributed by atoms with Crippen molar-refractivity contribution in [3.63, 3.8) is 0 Å². The Morgan fingerprint density at radius 2 is 1.84 bits per heavy atom. The van der Waals surface area contributed by atoms with Crippen LogP contribution in [0.1, 0.15) is 50.8 Å². The highest BCUT2D eigenvalue weighted by Crippen LogP contribution is 2.23. The molecule has 0 fully saturated rings. The van der Waals surface area contributed by atoms with Gasteiger partial charge in [0.25, 0.3) is 0 Å². The van der Waals surface area contributed by atoms with Gasteiger partial charge in [0.1, 0.15) is 0 Å². The quantitative estimate of drug-likeness (QED) is 0.761. The molecule has 1 heteroatoms. The van der Waals surface area contributed by atoms with Gasteiger partial charge in [-0.05, 0) is 55.7 Å². The lowest BCUT2D eigenvalue weighted by atomic mass is 9.85. The highest BCUT2D eigenvalue weighted by atomic mass is 14.9. The van der Waals surface area contributed by atoms with Gasteiger partial charge in [-0.2, -0.15) is 0 Å². The standard InChI is InChI=1S/C18H31N/c1-14(2)12-19-13-18(5,6)10-9-17-11-15(3)7-8-16(17)4/h7-8,11,14,19H,9-10,12-13H2,1-6H3. The molecule has 1 aromatic carbocycles.